The summed E-state index contributed by atoms with van der Waals surface area (Å²) in [5.41, 5.74) is 2.20. The Kier molecular flexibility index (Phi) is 7.32. The van der Waals surface area contributed by atoms with Gasteiger partial charge in [-0.3, -0.25) is 0 Å². The number of methoxy groups -OCH3 is 1. The van der Waals surface area contributed by atoms with Crippen molar-refractivity contribution in [2.45, 2.75) is 35.5 Å². The van der Waals surface area contributed by atoms with Crippen LogP contribution in [0.15, 0.2) is 72.8 Å². The van der Waals surface area contributed by atoms with Crippen molar-refractivity contribution in [1.82, 2.24) is 0 Å². The zero-order valence-corrected chi connectivity index (χ0v) is 18.7. The van der Waals surface area contributed by atoms with Crippen LogP contribution in [0.25, 0.3) is 0 Å². The first-order valence-electron chi connectivity index (χ1n) is 9.16. The normalized spacial score (nSPS) is 15.1. The fourth-order valence-electron chi connectivity index (χ4n) is 3.67. The van der Waals surface area contributed by atoms with E-state index in [1.165, 1.54) is 10.8 Å². The van der Waals surface area contributed by atoms with Crippen molar-refractivity contribution in [3.8, 4) is 11.8 Å². The van der Waals surface area contributed by atoms with Crippen molar-refractivity contribution in [3.05, 3.63) is 83.9 Å². The Morgan fingerprint density at radius 3 is 2.12 bits per heavy atom. The summed E-state index contributed by atoms with van der Waals surface area (Å²) in [6, 6.07) is 20.6. The van der Waals surface area contributed by atoms with Crippen LogP contribution in [0, 0.1) is 17.3 Å². The van der Waals surface area contributed by atoms with Gasteiger partial charge < -0.3 is 0 Å². The maximum absolute atomic E-state index is 5.99. The van der Waals surface area contributed by atoms with Crippen LogP contribution in [0.1, 0.15) is 24.2 Å². The Labute approximate surface area is 161 Å². The van der Waals surface area contributed by atoms with E-state index in [0.717, 1.165) is 5.56 Å². The first-order valence-corrected chi connectivity index (χ1v) is 16.9. The molecule has 0 aliphatic carbocycles. The van der Waals surface area contributed by atoms with Gasteiger partial charge in [-0.1, -0.05) is 0 Å². The number of ether oxygens (including phenoxy) is 1. The Bertz CT molecular complexity index is 763. The van der Waals surface area contributed by atoms with Gasteiger partial charge in [-0.25, -0.2) is 0 Å². The van der Waals surface area contributed by atoms with Crippen molar-refractivity contribution < 1.29 is 4.74 Å². The third-order valence-electron chi connectivity index (χ3n) is 4.39. The molecule has 0 aliphatic heterocycles. The number of hydrogen-bond acceptors (Lipinski definition) is 1. The summed E-state index contributed by atoms with van der Waals surface area (Å²) in [6.45, 7) is 2.31. The van der Waals surface area contributed by atoms with E-state index in [1.54, 1.807) is 0 Å². The van der Waals surface area contributed by atoms with E-state index in [9.17, 15) is 0 Å². The molecule has 0 fully saturated rings. The SMILES string of the molecule is CO[C@H](c1ccccc1)[C@@](C)(/C=C/C#Cc1ccccc1)[CH2][Ge]([CH3])([CH3])[CH3]. The summed E-state index contributed by atoms with van der Waals surface area (Å²) in [4.78, 5) is 0. The molecule has 1 nitrogen and oxygen atoms in total. The standard InChI is InChI=1S/C24H30GeO/c1-24(20-25(2,3)4,23(26-5)22-17-10-7-11-18-22)19-13-12-16-21-14-8-6-9-15-21/h6-11,13-15,17-19,23H,20H2,1-5H3/b19-13+/t23-,24+/m1/s1. The molecule has 2 rings (SSSR count). The maximum atomic E-state index is 5.99. The topological polar surface area (TPSA) is 9.23 Å². The Balaban J connectivity index is 2.32. The Morgan fingerprint density at radius 1 is 1.00 bits per heavy atom. The molecule has 0 spiro atoms. The molecular formula is C24H30GeO. The zero-order chi connectivity index (χ0) is 19.0. The van der Waals surface area contributed by atoms with Crippen LogP contribution >= 0.6 is 0 Å². The fourth-order valence-corrected chi connectivity index (χ4v) is 9.11. The second kappa shape index (κ2) is 9.26. The predicted octanol–water partition coefficient (Wildman–Crippen LogP) is 6.33. The number of rotatable bonds is 6. The molecule has 0 aliphatic rings. The van der Waals surface area contributed by atoms with E-state index in [0.29, 0.717) is 0 Å². The molecule has 26 heavy (non-hydrogen) atoms. The van der Waals surface area contributed by atoms with E-state index >= 15 is 0 Å². The molecule has 2 atom stereocenters. The van der Waals surface area contributed by atoms with Crippen LogP contribution < -0.4 is 0 Å². The van der Waals surface area contributed by atoms with Crippen LogP contribution in [0.4, 0.5) is 0 Å². The third-order valence-corrected chi connectivity index (χ3v) is 8.21. The van der Waals surface area contributed by atoms with E-state index < -0.39 is 13.3 Å². The van der Waals surface area contributed by atoms with Crippen molar-refractivity contribution in [2.24, 2.45) is 5.41 Å². The quantitative estimate of drug-likeness (QED) is 0.402. The van der Waals surface area contributed by atoms with Gasteiger partial charge in [-0.05, 0) is 0 Å². The van der Waals surface area contributed by atoms with Crippen LogP contribution in [0.3, 0.4) is 0 Å². The van der Waals surface area contributed by atoms with Crippen LogP contribution in [0.5, 0.6) is 0 Å². The molecule has 2 aromatic carbocycles. The number of allylic oxidation sites excluding steroid dienone is 1. The molecule has 2 aromatic rings. The summed E-state index contributed by atoms with van der Waals surface area (Å²) >= 11 is -1.83. The summed E-state index contributed by atoms with van der Waals surface area (Å²) < 4.78 is 5.99. The summed E-state index contributed by atoms with van der Waals surface area (Å²) in [7, 11) is 1.81. The molecular weight excluding hydrogens is 377 g/mol. The van der Waals surface area contributed by atoms with Crippen molar-refractivity contribution in [2.75, 3.05) is 7.11 Å². The van der Waals surface area contributed by atoms with Gasteiger partial charge in [0.25, 0.3) is 0 Å². The van der Waals surface area contributed by atoms with Crippen molar-refractivity contribution in [3.63, 3.8) is 0 Å². The van der Waals surface area contributed by atoms with Gasteiger partial charge in [0.15, 0.2) is 0 Å². The van der Waals surface area contributed by atoms with E-state index in [4.69, 9.17) is 4.74 Å². The molecule has 0 saturated carbocycles. The van der Waals surface area contributed by atoms with E-state index in [2.05, 4.69) is 72.4 Å². The molecule has 0 saturated heterocycles. The molecule has 0 bridgehead atoms. The molecule has 0 radical (unpaired) electrons. The van der Waals surface area contributed by atoms with Crippen molar-refractivity contribution >= 4 is 13.3 Å². The average molecular weight is 407 g/mol. The number of benzene rings is 2. The van der Waals surface area contributed by atoms with Gasteiger partial charge in [0.2, 0.25) is 0 Å². The molecule has 0 heterocycles. The molecule has 0 N–H and O–H groups in total. The third kappa shape index (κ3) is 6.20. The Hall–Kier alpha value is -1.76. The van der Waals surface area contributed by atoms with Gasteiger partial charge >= 0.3 is 162 Å². The summed E-state index contributed by atoms with van der Waals surface area (Å²) in [6.07, 6.45) is 4.31. The molecule has 0 amide bonds. The predicted molar refractivity (Wildman–Crippen MR) is 115 cm³/mol. The van der Waals surface area contributed by atoms with Gasteiger partial charge in [0.1, 0.15) is 0 Å². The first kappa shape index (κ1) is 20.6. The van der Waals surface area contributed by atoms with Crippen LogP contribution in [-0.4, -0.2) is 20.4 Å². The summed E-state index contributed by atoms with van der Waals surface area (Å²) in [5.74, 6) is 13.8. The summed E-state index contributed by atoms with van der Waals surface area (Å²) in [5, 5.41) is 1.18. The zero-order valence-electron chi connectivity index (χ0n) is 16.6. The minimum atomic E-state index is -1.83. The second-order valence-corrected chi connectivity index (χ2v) is 19.7. The average Bonchev–Trinajstić information content (AvgIpc) is 2.60. The van der Waals surface area contributed by atoms with Crippen molar-refractivity contribution in [1.29, 1.82) is 0 Å². The minimum absolute atomic E-state index is 0.0309. The molecule has 0 aromatic heterocycles. The van der Waals surface area contributed by atoms with Gasteiger partial charge in [0, 0.05) is 0 Å². The van der Waals surface area contributed by atoms with E-state index in [1.807, 2.05) is 43.5 Å². The van der Waals surface area contributed by atoms with Gasteiger partial charge in [-0.2, -0.15) is 0 Å². The monoisotopic (exact) mass is 408 g/mol. The number of hydrogen-bond donors (Lipinski definition) is 0. The van der Waals surface area contributed by atoms with E-state index in [-0.39, 0.29) is 11.5 Å². The molecule has 0 unspecified atom stereocenters. The second-order valence-electron chi connectivity index (χ2n) is 8.24. The molecule has 2 heteroatoms. The van der Waals surface area contributed by atoms with Crippen LogP contribution in [0.2, 0.25) is 22.5 Å². The van der Waals surface area contributed by atoms with Crippen LogP contribution in [-0.2, 0) is 4.74 Å². The molecule has 136 valence electrons. The Morgan fingerprint density at radius 2 is 1.58 bits per heavy atom. The van der Waals surface area contributed by atoms with Gasteiger partial charge in [-0.15, -0.1) is 0 Å². The fraction of sp³-hybridized carbons (Fsp3) is 0.333. The first-order chi connectivity index (χ1) is 12.3. The van der Waals surface area contributed by atoms with Gasteiger partial charge in [0.05, 0.1) is 0 Å².